The van der Waals surface area contributed by atoms with Crippen molar-refractivity contribution in [2.24, 2.45) is 0 Å². The van der Waals surface area contributed by atoms with Crippen LogP contribution in [0.1, 0.15) is 38.7 Å². The molecule has 1 nitrogen and oxygen atoms in total. The average Bonchev–Trinajstić information content (AvgIpc) is 2.35. The Bertz CT molecular complexity index is 426. The second-order valence-corrected chi connectivity index (χ2v) is 4.81. The molecule has 0 radical (unpaired) electrons. The normalized spacial score (nSPS) is 18.6. The van der Waals surface area contributed by atoms with Gasteiger partial charge in [-0.05, 0) is 44.2 Å². The van der Waals surface area contributed by atoms with E-state index in [0.29, 0.717) is 6.61 Å². The van der Waals surface area contributed by atoms with Gasteiger partial charge in [0.2, 0.25) is 0 Å². The minimum absolute atomic E-state index is 0.673. The molecular formula is C16H20O. The number of allylic oxidation sites excluding steroid dienone is 3. The van der Waals surface area contributed by atoms with Crippen molar-refractivity contribution in [1.29, 1.82) is 0 Å². The summed E-state index contributed by atoms with van der Waals surface area (Å²) in [6, 6.07) is 10.3. The van der Waals surface area contributed by atoms with Gasteiger partial charge in [0.25, 0.3) is 0 Å². The first-order chi connectivity index (χ1) is 8.25. The van der Waals surface area contributed by atoms with Crippen LogP contribution in [0.25, 0.3) is 0 Å². The number of ether oxygens (including phenoxy) is 1. The molecule has 90 valence electrons. The molecule has 0 bridgehead atoms. The van der Waals surface area contributed by atoms with E-state index in [-0.39, 0.29) is 0 Å². The summed E-state index contributed by atoms with van der Waals surface area (Å²) in [6.45, 7) is 5.13. The van der Waals surface area contributed by atoms with Crippen LogP contribution in [0.5, 0.6) is 0 Å². The lowest BCUT2D eigenvalue weighted by Crippen LogP contribution is -1.99. The Morgan fingerprint density at radius 2 is 1.82 bits per heavy atom. The molecule has 1 aromatic carbocycles. The van der Waals surface area contributed by atoms with Gasteiger partial charge < -0.3 is 4.74 Å². The minimum Gasteiger partial charge on any atom is -0.497 e. The van der Waals surface area contributed by atoms with Crippen LogP contribution in [0, 0.1) is 0 Å². The van der Waals surface area contributed by atoms with Crippen LogP contribution in [-0.4, -0.2) is 0 Å². The summed E-state index contributed by atoms with van der Waals surface area (Å²) in [6.07, 6.45) is 5.38. The van der Waals surface area contributed by atoms with Gasteiger partial charge in [-0.15, -0.1) is 0 Å². The predicted molar refractivity (Wildman–Crippen MR) is 71.5 cm³/mol. The molecule has 0 atom stereocenters. The molecule has 0 N–H and O–H groups in total. The summed E-state index contributed by atoms with van der Waals surface area (Å²) >= 11 is 0. The lowest BCUT2D eigenvalue weighted by atomic mass is 9.90. The summed E-state index contributed by atoms with van der Waals surface area (Å²) in [5.41, 5.74) is 5.70. The Morgan fingerprint density at radius 3 is 2.53 bits per heavy atom. The molecule has 0 amide bonds. The molecule has 0 heterocycles. The maximum absolute atomic E-state index is 5.66. The van der Waals surface area contributed by atoms with E-state index in [4.69, 9.17) is 4.74 Å². The molecule has 17 heavy (non-hydrogen) atoms. The van der Waals surface area contributed by atoms with Gasteiger partial charge in [-0.3, -0.25) is 0 Å². The van der Waals surface area contributed by atoms with Crippen LogP contribution in [0.3, 0.4) is 0 Å². The van der Waals surface area contributed by atoms with E-state index in [1.54, 1.807) is 5.57 Å². The van der Waals surface area contributed by atoms with E-state index in [1.807, 2.05) is 24.5 Å². The van der Waals surface area contributed by atoms with Crippen molar-refractivity contribution in [2.75, 3.05) is 0 Å². The second-order valence-electron chi connectivity index (χ2n) is 4.81. The number of rotatable bonds is 3. The van der Waals surface area contributed by atoms with Crippen LogP contribution in [0.2, 0.25) is 0 Å². The third-order valence-corrected chi connectivity index (χ3v) is 3.38. The van der Waals surface area contributed by atoms with E-state index < -0.39 is 0 Å². The molecular weight excluding hydrogens is 208 g/mol. The molecule has 1 aliphatic carbocycles. The highest BCUT2D eigenvalue weighted by molar-refractivity contribution is 5.23. The van der Waals surface area contributed by atoms with Gasteiger partial charge >= 0.3 is 0 Å². The molecule has 0 saturated heterocycles. The smallest absolute Gasteiger partial charge is 0.112 e. The maximum Gasteiger partial charge on any atom is 0.112 e. The third-order valence-electron chi connectivity index (χ3n) is 3.38. The van der Waals surface area contributed by atoms with Crippen LogP contribution in [-0.2, 0) is 11.3 Å². The van der Waals surface area contributed by atoms with Crippen molar-refractivity contribution in [3.8, 4) is 0 Å². The Labute approximate surface area is 104 Å². The van der Waals surface area contributed by atoms with Crippen LogP contribution in [0.4, 0.5) is 0 Å². The highest BCUT2D eigenvalue weighted by Gasteiger charge is 2.09. The summed E-state index contributed by atoms with van der Waals surface area (Å²) in [5.74, 6) is 0. The maximum atomic E-state index is 5.66. The molecule has 0 aromatic heterocycles. The lowest BCUT2D eigenvalue weighted by molar-refractivity contribution is 0.232. The monoisotopic (exact) mass is 228 g/mol. The molecule has 0 aliphatic heterocycles. The Kier molecular flexibility index (Phi) is 4.03. The van der Waals surface area contributed by atoms with Crippen molar-refractivity contribution in [1.82, 2.24) is 0 Å². The van der Waals surface area contributed by atoms with E-state index >= 15 is 0 Å². The van der Waals surface area contributed by atoms with E-state index in [1.165, 1.54) is 23.1 Å². The second kappa shape index (κ2) is 5.72. The largest absolute Gasteiger partial charge is 0.497 e. The molecule has 1 aromatic rings. The van der Waals surface area contributed by atoms with E-state index in [9.17, 15) is 0 Å². The van der Waals surface area contributed by atoms with Crippen molar-refractivity contribution >= 4 is 0 Å². The zero-order chi connectivity index (χ0) is 12.1. The first kappa shape index (κ1) is 12.0. The molecule has 0 spiro atoms. The SMILES string of the molecule is CC1=C(C)C/C(=C\OCc2ccccc2)CC1. The first-order valence-electron chi connectivity index (χ1n) is 6.24. The summed E-state index contributed by atoms with van der Waals surface area (Å²) < 4.78 is 5.66. The number of benzene rings is 1. The van der Waals surface area contributed by atoms with Gasteiger partial charge in [0, 0.05) is 0 Å². The van der Waals surface area contributed by atoms with Crippen LogP contribution in [0.15, 0.2) is 53.3 Å². The van der Waals surface area contributed by atoms with Gasteiger partial charge in [-0.2, -0.15) is 0 Å². The standard InChI is InChI=1S/C16H20O/c1-13-8-9-16(10-14(13)2)12-17-11-15-6-4-3-5-7-15/h3-7,12H,8-11H2,1-2H3/b16-12-. The fourth-order valence-corrected chi connectivity index (χ4v) is 2.07. The lowest BCUT2D eigenvalue weighted by Gasteiger charge is -2.17. The zero-order valence-corrected chi connectivity index (χ0v) is 10.7. The van der Waals surface area contributed by atoms with Crippen molar-refractivity contribution in [3.05, 3.63) is 58.9 Å². The third kappa shape index (κ3) is 3.48. The van der Waals surface area contributed by atoms with Gasteiger partial charge in [0.15, 0.2) is 0 Å². The Hall–Kier alpha value is -1.50. The summed E-state index contributed by atoms with van der Waals surface area (Å²) in [7, 11) is 0. The molecule has 2 rings (SSSR count). The molecule has 1 aliphatic rings. The molecule has 0 unspecified atom stereocenters. The predicted octanol–water partition coefficient (Wildman–Crippen LogP) is 4.61. The number of hydrogen-bond donors (Lipinski definition) is 0. The molecule has 0 saturated carbocycles. The summed E-state index contributed by atoms with van der Waals surface area (Å²) in [4.78, 5) is 0. The highest BCUT2D eigenvalue weighted by Crippen LogP contribution is 2.28. The van der Waals surface area contributed by atoms with Gasteiger partial charge in [0.05, 0.1) is 6.26 Å². The fraction of sp³-hybridized carbons (Fsp3) is 0.375. The molecule has 0 fully saturated rings. The zero-order valence-electron chi connectivity index (χ0n) is 10.7. The number of hydrogen-bond acceptors (Lipinski definition) is 1. The summed E-state index contributed by atoms with van der Waals surface area (Å²) in [5, 5.41) is 0. The topological polar surface area (TPSA) is 9.23 Å². The Balaban J connectivity index is 1.86. The van der Waals surface area contributed by atoms with E-state index in [2.05, 4.69) is 26.0 Å². The minimum atomic E-state index is 0.673. The van der Waals surface area contributed by atoms with Gasteiger partial charge in [0.1, 0.15) is 6.61 Å². The van der Waals surface area contributed by atoms with Crippen molar-refractivity contribution in [2.45, 2.75) is 39.7 Å². The van der Waals surface area contributed by atoms with Gasteiger partial charge in [-0.25, -0.2) is 0 Å². The average molecular weight is 228 g/mol. The quantitative estimate of drug-likeness (QED) is 0.542. The van der Waals surface area contributed by atoms with Crippen molar-refractivity contribution < 1.29 is 4.74 Å². The van der Waals surface area contributed by atoms with Crippen molar-refractivity contribution in [3.63, 3.8) is 0 Å². The molecule has 1 heteroatoms. The van der Waals surface area contributed by atoms with Gasteiger partial charge in [-0.1, -0.05) is 41.5 Å². The Morgan fingerprint density at radius 1 is 1.06 bits per heavy atom. The first-order valence-corrected chi connectivity index (χ1v) is 6.24. The highest BCUT2D eigenvalue weighted by atomic mass is 16.5. The van der Waals surface area contributed by atoms with E-state index in [0.717, 1.165) is 12.8 Å². The van der Waals surface area contributed by atoms with Crippen LogP contribution < -0.4 is 0 Å². The van der Waals surface area contributed by atoms with Crippen LogP contribution >= 0.6 is 0 Å². The fourth-order valence-electron chi connectivity index (χ4n) is 2.07.